The molecule has 1 aromatic rings. The molecule has 5 nitrogen and oxygen atoms in total. The summed E-state index contributed by atoms with van der Waals surface area (Å²) in [6, 6.07) is 4.18. The second kappa shape index (κ2) is 5.42. The summed E-state index contributed by atoms with van der Waals surface area (Å²) >= 11 is 0. The minimum atomic E-state index is -0.638. The van der Waals surface area contributed by atoms with Crippen molar-refractivity contribution >= 4 is 5.91 Å². The molecule has 0 unspecified atom stereocenters. The summed E-state index contributed by atoms with van der Waals surface area (Å²) in [5.74, 6) is 0.123. The van der Waals surface area contributed by atoms with Crippen molar-refractivity contribution in [2.75, 3.05) is 7.05 Å². The molecule has 1 aliphatic rings. The van der Waals surface area contributed by atoms with Crippen molar-refractivity contribution in [3.05, 3.63) is 17.5 Å². The van der Waals surface area contributed by atoms with Gasteiger partial charge in [0.25, 0.3) is 5.91 Å². The minimum Gasteiger partial charge on any atom is -0.322 e. The van der Waals surface area contributed by atoms with Gasteiger partial charge in [-0.1, -0.05) is 13.8 Å². The number of hydrogen-bond acceptors (Lipinski definition) is 3. The van der Waals surface area contributed by atoms with Crippen molar-refractivity contribution in [2.45, 2.75) is 70.9 Å². The van der Waals surface area contributed by atoms with Gasteiger partial charge in [0.2, 0.25) is 0 Å². The average Bonchev–Trinajstić information content (AvgIpc) is 2.82. The third kappa shape index (κ3) is 2.63. The van der Waals surface area contributed by atoms with Crippen LogP contribution in [0.5, 0.6) is 0 Å². The third-order valence-corrected chi connectivity index (χ3v) is 4.52. The van der Waals surface area contributed by atoms with Crippen molar-refractivity contribution in [1.29, 1.82) is 5.26 Å². The number of amides is 1. The molecule has 1 heterocycles. The van der Waals surface area contributed by atoms with Gasteiger partial charge in [-0.15, -0.1) is 0 Å². The standard InChI is InChI=1S/C17H26N4O/c1-12(2)14-10-13(19-21(14)16(3,4)5)15(22)20(6)17(11-18)8-7-9-17/h10,12H,7-9H2,1-6H3. The highest BCUT2D eigenvalue weighted by Gasteiger charge is 2.44. The highest BCUT2D eigenvalue weighted by molar-refractivity contribution is 5.93. The Kier molecular flexibility index (Phi) is 4.08. The molecule has 0 aliphatic heterocycles. The van der Waals surface area contributed by atoms with Crippen LogP contribution in [0.25, 0.3) is 0 Å². The van der Waals surface area contributed by atoms with Crippen LogP contribution in [0.4, 0.5) is 0 Å². The summed E-state index contributed by atoms with van der Waals surface area (Å²) < 4.78 is 1.93. The smallest absolute Gasteiger partial charge is 0.275 e. The zero-order valence-corrected chi connectivity index (χ0v) is 14.5. The van der Waals surface area contributed by atoms with Gasteiger partial charge in [0.05, 0.1) is 11.6 Å². The van der Waals surface area contributed by atoms with Crippen LogP contribution in [0.15, 0.2) is 6.07 Å². The zero-order valence-electron chi connectivity index (χ0n) is 14.5. The summed E-state index contributed by atoms with van der Waals surface area (Å²) in [6.07, 6.45) is 2.50. The highest BCUT2D eigenvalue weighted by atomic mass is 16.2. The van der Waals surface area contributed by atoms with E-state index in [-0.39, 0.29) is 17.4 Å². The number of aromatic nitrogens is 2. The number of carbonyl (C=O) groups is 1. The Balaban J connectivity index is 2.37. The molecule has 22 heavy (non-hydrogen) atoms. The molecule has 120 valence electrons. The van der Waals surface area contributed by atoms with Crippen molar-refractivity contribution in [3.63, 3.8) is 0 Å². The summed E-state index contributed by atoms with van der Waals surface area (Å²) in [5, 5.41) is 14.0. The van der Waals surface area contributed by atoms with Crippen LogP contribution >= 0.6 is 0 Å². The molecule has 0 radical (unpaired) electrons. The molecule has 1 aliphatic carbocycles. The first-order valence-electron chi connectivity index (χ1n) is 7.92. The van der Waals surface area contributed by atoms with Gasteiger partial charge in [-0.05, 0) is 52.0 Å². The molecule has 0 atom stereocenters. The number of carbonyl (C=O) groups excluding carboxylic acids is 1. The van der Waals surface area contributed by atoms with E-state index in [1.807, 2.05) is 10.7 Å². The predicted octanol–water partition coefficient (Wildman–Crippen LogP) is 3.28. The predicted molar refractivity (Wildman–Crippen MR) is 85.6 cm³/mol. The zero-order chi connectivity index (χ0) is 16.7. The fourth-order valence-electron chi connectivity index (χ4n) is 2.85. The topological polar surface area (TPSA) is 61.9 Å². The molecule has 0 N–H and O–H groups in total. The maximum absolute atomic E-state index is 12.8. The van der Waals surface area contributed by atoms with Gasteiger partial charge in [-0.25, -0.2) is 0 Å². The minimum absolute atomic E-state index is 0.161. The SMILES string of the molecule is CC(C)c1cc(C(=O)N(C)C2(C#N)CCC2)nn1C(C)(C)C. The van der Waals surface area contributed by atoms with E-state index in [1.54, 1.807) is 11.9 Å². The third-order valence-electron chi connectivity index (χ3n) is 4.52. The molecule has 0 aromatic carbocycles. The van der Waals surface area contributed by atoms with Gasteiger partial charge in [-0.3, -0.25) is 9.48 Å². The van der Waals surface area contributed by atoms with E-state index >= 15 is 0 Å². The number of nitriles is 1. The maximum atomic E-state index is 12.8. The lowest BCUT2D eigenvalue weighted by atomic mass is 9.76. The number of hydrogen-bond donors (Lipinski definition) is 0. The van der Waals surface area contributed by atoms with Crippen molar-refractivity contribution in [3.8, 4) is 6.07 Å². The highest BCUT2D eigenvalue weighted by Crippen LogP contribution is 2.37. The lowest BCUT2D eigenvalue weighted by Crippen LogP contribution is -2.53. The summed E-state index contributed by atoms with van der Waals surface area (Å²) in [5.41, 5.74) is 0.659. The number of rotatable bonds is 3. The Labute approximate surface area is 132 Å². The van der Waals surface area contributed by atoms with E-state index < -0.39 is 5.54 Å². The van der Waals surface area contributed by atoms with E-state index in [9.17, 15) is 10.1 Å². The molecule has 1 amide bonds. The lowest BCUT2D eigenvalue weighted by molar-refractivity contribution is 0.0490. The fraction of sp³-hybridized carbons (Fsp3) is 0.706. The number of nitrogens with zero attached hydrogens (tertiary/aromatic N) is 4. The molecule has 0 saturated heterocycles. The molecule has 1 fully saturated rings. The quantitative estimate of drug-likeness (QED) is 0.860. The van der Waals surface area contributed by atoms with Crippen LogP contribution < -0.4 is 0 Å². The molecule has 2 rings (SSSR count). The Morgan fingerprint density at radius 3 is 2.36 bits per heavy atom. The van der Waals surface area contributed by atoms with E-state index in [2.05, 4.69) is 45.8 Å². The van der Waals surface area contributed by atoms with Crippen molar-refractivity contribution in [1.82, 2.24) is 14.7 Å². The molecule has 0 bridgehead atoms. The van der Waals surface area contributed by atoms with E-state index in [0.717, 1.165) is 25.0 Å². The normalized spacial score (nSPS) is 17.0. The van der Waals surface area contributed by atoms with Gasteiger partial charge in [0.15, 0.2) is 5.69 Å². The van der Waals surface area contributed by atoms with Crippen LogP contribution in [0.3, 0.4) is 0 Å². The first-order valence-corrected chi connectivity index (χ1v) is 7.92. The second-order valence-corrected chi connectivity index (χ2v) is 7.55. The molecule has 5 heteroatoms. The van der Waals surface area contributed by atoms with Crippen LogP contribution in [-0.2, 0) is 5.54 Å². The molecule has 1 saturated carbocycles. The summed E-state index contributed by atoms with van der Waals surface area (Å²) in [4.78, 5) is 14.3. The molecule has 1 aromatic heterocycles. The van der Waals surface area contributed by atoms with Crippen LogP contribution in [0.2, 0.25) is 0 Å². The first-order chi connectivity index (χ1) is 10.1. The van der Waals surface area contributed by atoms with E-state index in [4.69, 9.17) is 0 Å². The molecular weight excluding hydrogens is 276 g/mol. The van der Waals surface area contributed by atoms with E-state index in [0.29, 0.717) is 5.69 Å². The van der Waals surface area contributed by atoms with Crippen molar-refractivity contribution < 1.29 is 4.79 Å². The van der Waals surface area contributed by atoms with Gasteiger partial charge >= 0.3 is 0 Å². The van der Waals surface area contributed by atoms with Gasteiger partial charge < -0.3 is 4.90 Å². The fourth-order valence-corrected chi connectivity index (χ4v) is 2.85. The van der Waals surface area contributed by atoms with Crippen LogP contribution in [0, 0.1) is 11.3 Å². The largest absolute Gasteiger partial charge is 0.322 e. The molecule has 0 spiro atoms. The first kappa shape index (κ1) is 16.5. The Hall–Kier alpha value is -1.83. The monoisotopic (exact) mass is 302 g/mol. The Morgan fingerprint density at radius 2 is 2.05 bits per heavy atom. The van der Waals surface area contributed by atoms with Gasteiger partial charge in [0, 0.05) is 12.7 Å². The Bertz CT molecular complexity index is 612. The van der Waals surface area contributed by atoms with Gasteiger partial charge in [-0.2, -0.15) is 10.4 Å². The second-order valence-electron chi connectivity index (χ2n) is 7.55. The lowest BCUT2D eigenvalue weighted by Gasteiger charge is -2.42. The summed E-state index contributed by atoms with van der Waals surface area (Å²) in [7, 11) is 1.72. The van der Waals surface area contributed by atoms with Gasteiger partial charge in [0.1, 0.15) is 5.54 Å². The van der Waals surface area contributed by atoms with E-state index in [1.165, 1.54) is 0 Å². The maximum Gasteiger partial charge on any atom is 0.275 e. The Morgan fingerprint density at radius 1 is 1.45 bits per heavy atom. The molecular formula is C17H26N4O. The van der Waals surface area contributed by atoms with Crippen molar-refractivity contribution in [2.24, 2.45) is 0 Å². The van der Waals surface area contributed by atoms with Crippen LogP contribution in [0.1, 0.15) is 76.0 Å². The van der Waals surface area contributed by atoms with Crippen LogP contribution in [-0.4, -0.2) is 33.2 Å². The summed E-state index contributed by atoms with van der Waals surface area (Å²) in [6.45, 7) is 10.4. The average molecular weight is 302 g/mol.